The summed E-state index contributed by atoms with van der Waals surface area (Å²) in [6, 6.07) is 2.65. The molecule has 5 heteroatoms. The molecular weight excluding hydrogens is 242 g/mol. The number of nitrogens with zero attached hydrogens (tertiary/aromatic N) is 2. The summed E-state index contributed by atoms with van der Waals surface area (Å²) in [4.78, 5) is 0. The Morgan fingerprint density at radius 3 is 3.00 bits per heavy atom. The number of aryl methyl sites for hydroxylation is 1. The van der Waals surface area contributed by atoms with Gasteiger partial charge in [-0.15, -0.1) is 0 Å². The molecule has 2 atom stereocenters. The van der Waals surface area contributed by atoms with E-state index in [1.54, 1.807) is 0 Å². The highest BCUT2D eigenvalue weighted by atomic mass is 16.5. The van der Waals surface area contributed by atoms with E-state index < -0.39 is 0 Å². The molecule has 1 aromatic rings. The summed E-state index contributed by atoms with van der Waals surface area (Å²) in [5.41, 5.74) is 1.33. The Bertz CT molecular complexity index is 367. The third-order valence-corrected chi connectivity index (χ3v) is 3.89. The average Bonchev–Trinajstić information content (AvgIpc) is 2.85. The molecule has 1 aromatic heterocycles. The van der Waals surface area contributed by atoms with Gasteiger partial charge in [0, 0.05) is 37.4 Å². The van der Waals surface area contributed by atoms with E-state index in [4.69, 9.17) is 9.84 Å². The van der Waals surface area contributed by atoms with Gasteiger partial charge >= 0.3 is 0 Å². The van der Waals surface area contributed by atoms with Crippen LogP contribution in [0.4, 0.5) is 0 Å². The van der Waals surface area contributed by atoms with Crippen LogP contribution in [-0.4, -0.2) is 47.3 Å². The van der Waals surface area contributed by atoms with Crippen LogP contribution in [0.25, 0.3) is 0 Å². The first kappa shape index (κ1) is 14.5. The van der Waals surface area contributed by atoms with Gasteiger partial charge in [-0.1, -0.05) is 12.8 Å². The van der Waals surface area contributed by atoms with Crippen molar-refractivity contribution in [2.45, 2.75) is 37.6 Å². The van der Waals surface area contributed by atoms with Crippen LogP contribution in [0, 0.1) is 0 Å². The summed E-state index contributed by atoms with van der Waals surface area (Å²) >= 11 is 0. The fraction of sp³-hybridized carbons (Fsp3) is 0.786. The molecule has 1 aliphatic rings. The van der Waals surface area contributed by atoms with Crippen molar-refractivity contribution in [2.75, 3.05) is 26.4 Å². The molecule has 5 nitrogen and oxygen atoms in total. The molecular formula is C14H25N3O2. The lowest BCUT2D eigenvalue weighted by Crippen LogP contribution is -2.39. The van der Waals surface area contributed by atoms with Gasteiger partial charge in [0.15, 0.2) is 0 Å². The monoisotopic (exact) mass is 267 g/mol. The number of aromatic nitrogens is 2. The summed E-state index contributed by atoms with van der Waals surface area (Å²) in [5, 5.41) is 16.5. The number of aliphatic hydroxyl groups excluding tert-OH is 1. The summed E-state index contributed by atoms with van der Waals surface area (Å²) in [7, 11) is 2.02. The van der Waals surface area contributed by atoms with Crippen LogP contribution < -0.4 is 5.32 Å². The van der Waals surface area contributed by atoms with Gasteiger partial charge in [0.1, 0.15) is 0 Å². The van der Waals surface area contributed by atoms with E-state index in [1.165, 1.54) is 31.4 Å². The molecule has 0 bridgehead atoms. The topological polar surface area (TPSA) is 59.3 Å². The Kier molecular flexibility index (Phi) is 5.82. The Morgan fingerprint density at radius 1 is 1.42 bits per heavy atom. The minimum Gasteiger partial charge on any atom is -0.394 e. The van der Waals surface area contributed by atoms with Crippen molar-refractivity contribution >= 4 is 0 Å². The van der Waals surface area contributed by atoms with Crippen LogP contribution in [0.2, 0.25) is 0 Å². The molecule has 2 N–H and O–H groups in total. The SMILES string of the molecule is Cn1nccc1C1CCCCC1NCCOCCO. The highest BCUT2D eigenvalue weighted by Crippen LogP contribution is 2.32. The molecule has 1 heterocycles. The van der Waals surface area contributed by atoms with Gasteiger partial charge in [-0.2, -0.15) is 5.10 Å². The summed E-state index contributed by atoms with van der Waals surface area (Å²) in [5.74, 6) is 0.555. The van der Waals surface area contributed by atoms with Crippen molar-refractivity contribution in [3.05, 3.63) is 18.0 Å². The quantitative estimate of drug-likeness (QED) is 0.725. The molecule has 0 radical (unpaired) electrons. The zero-order valence-corrected chi connectivity index (χ0v) is 11.7. The van der Waals surface area contributed by atoms with Crippen molar-refractivity contribution in [1.29, 1.82) is 0 Å². The second kappa shape index (κ2) is 7.62. The Morgan fingerprint density at radius 2 is 2.26 bits per heavy atom. The molecule has 0 aromatic carbocycles. The molecule has 19 heavy (non-hydrogen) atoms. The normalized spacial score (nSPS) is 23.7. The van der Waals surface area contributed by atoms with E-state index in [0.717, 1.165) is 6.54 Å². The lowest BCUT2D eigenvalue weighted by molar-refractivity contribution is 0.0911. The van der Waals surface area contributed by atoms with E-state index in [1.807, 2.05) is 17.9 Å². The first-order valence-electron chi connectivity index (χ1n) is 7.23. The maximum Gasteiger partial charge on any atom is 0.0698 e. The van der Waals surface area contributed by atoms with Gasteiger partial charge < -0.3 is 15.2 Å². The third kappa shape index (κ3) is 4.03. The van der Waals surface area contributed by atoms with Crippen molar-refractivity contribution in [3.63, 3.8) is 0 Å². The Labute approximate surface area is 115 Å². The molecule has 2 rings (SSSR count). The highest BCUT2D eigenvalue weighted by molar-refractivity contribution is 5.12. The number of aliphatic hydroxyl groups is 1. The molecule has 1 saturated carbocycles. The largest absolute Gasteiger partial charge is 0.394 e. The summed E-state index contributed by atoms with van der Waals surface area (Å²) < 4.78 is 7.29. The van der Waals surface area contributed by atoms with E-state index in [0.29, 0.717) is 25.2 Å². The third-order valence-electron chi connectivity index (χ3n) is 3.89. The smallest absolute Gasteiger partial charge is 0.0698 e. The van der Waals surface area contributed by atoms with Crippen LogP contribution in [-0.2, 0) is 11.8 Å². The molecule has 0 amide bonds. The van der Waals surface area contributed by atoms with Gasteiger partial charge in [0.25, 0.3) is 0 Å². The molecule has 1 aliphatic carbocycles. The van der Waals surface area contributed by atoms with Crippen LogP contribution in [0.5, 0.6) is 0 Å². The lowest BCUT2D eigenvalue weighted by Gasteiger charge is -2.32. The van der Waals surface area contributed by atoms with E-state index in [9.17, 15) is 0 Å². The zero-order chi connectivity index (χ0) is 13.5. The van der Waals surface area contributed by atoms with Crippen molar-refractivity contribution < 1.29 is 9.84 Å². The van der Waals surface area contributed by atoms with Crippen LogP contribution in [0.1, 0.15) is 37.3 Å². The van der Waals surface area contributed by atoms with Crippen molar-refractivity contribution in [2.24, 2.45) is 7.05 Å². The Hall–Kier alpha value is -0.910. The van der Waals surface area contributed by atoms with E-state index >= 15 is 0 Å². The second-order valence-electron chi connectivity index (χ2n) is 5.17. The van der Waals surface area contributed by atoms with E-state index in [2.05, 4.69) is 16.5 Å². The van der Waals surface area contributed by atoms with Gasteiger partial charge in [0.2, 0.25) is 0 Å². The predicted molar refractivity (Wildman–Crippen MR) is 74.1 cm³/mol. The number of hydrogen-bond donors (Lipinski definition) is 2. The number of nitrogens with one attached hydrogen (secondary N) is 1. The van der Waals surface area contributed by atoms with Crippen molar-refractivity contribution in [1.82, 2.24) is 15.1 Å². The summed E-state index contributed by atoms with van der Waals surface area (Å²) in [6.45, 7) is 2.03. The minimum atomic E-state index is 0.0983. The van der Waals surface area contributed by atoms with Crippen LogP contribution >= 0.6 is 0 Å². The predicted octanol–water partition coefficient (Wildman–Crippen LogP) is 1.04. The van der Waals surface area contributed by atoms with Gasteiger partial charge in [0.05, 0.1) is 19.8 Å². The lowest BCUT2D eigenvalue weighted by atomic mass is 9.82. The first-order chi connectivity index (χ1) is 9.33. The highest BCUT2D eigenvalue weighted by Gasteiger charge is 2.27. The van der Waals surface area contributed by atoms with Gasteiger partial charge in [-0.05, 0) is 18.9 Å². The maximum atomic E-state index is 8.66. The molecule has 1 fully saturated rings. The fourth-order valence-corrected chi connectivity index (χ4v) is 2.96. The number of rotatable bonds is 7. The molecule has 0 spiro atoms. The second-order valence-corrected chi connectivity index (χ2v) is 5.17. The zero-order valence-electron chi connectivity index (χ0n) is 11.7. The minimum absolute atomic E-state index is 0.0983. The van der Waals surface area contributed by atoms with Crippen LogP contribution in [0.15, 0.2) is 12.3 Å². The number of hydrogen-bond acceptors (Lipinski definition) is 4. The number of ether oxygens (including phenoxy) is 1. The Balaban J connectivity index is 1.84. The van der Waals surface area contributed by atoms with E-state index in [-0.39, 0.29) is 6.61 Å². The fourth-order valence-electron chi connectivity index (χ4n) is 2.96. The summed E-state index contributed by atoms with van der Waals surface area (Å²) in [6.07, 6.45) is 6.93. The van der Waals surface area contributed by atoms with Gasteiger partial charge in [-0.3, -0.25) is 4.68 Å². The van der Waals surface area contributed by atoms with Crippen molar-refractivity contribution in [3.8, 4) is 0 Å². The molecule has 108 valence electrons. The standard InChI is InChI=1S/C14H25N3O2/c1-17-14(6-7-16-17)12-4-2-3-5-13(12)15-8-10-19-11-9-18/h6-7,12-13,15,18H,2-5,8-11H2,1H3. The average molecular weight is 267 g/mol. The molecule has 2 unspecified atom stereocenters. The molecule has 0 aliphatic heterocycles. The van der Waals surface area contributed by atoms with Gasteiger partial charge in [-0.25, -0.2) is 0 Å². The molecule has 0 saturated heterocycles. The first-order valence-corrected chi connectivity index (χ1v) is 7.23. The van der Waals surface area contributed by atoms with Crippen LogP contribution in [0.3, 0.4) is 0 Å². The maximum absolute atomic E-state index is 8.66.